The summed E-state index contributed by atoms with van der Waals surface area (Å²) in [6.07, 6.45) is 3.50. The molecule has 0 fully saturated rings. The van der Waals surface area contributed by atoms with E-state index in [0.29, 0.717) is 48.1 Å². The van der Waals surface area contributed by atoms with Gasteiger partial charge in [0, 0.05) is 70.8 Å². The number of hydrogen-bond acceptors (Lipinski definition) is 9. The van der Waals surface area contributed by atoms with Crippen LogP contribution in [0.4, 0.5) is 23.3 Å². The van der Waals surface area contributed by atoms with Gasteiger partial charge in [0.1, 0.15) is 0 Å². The molecule has 5 aromatic rings. The molecule has 12 heteroatoms. The number of benzene rings is 2. The second-order valence-corrected chi connectivity index (χ2v) is 9.21. The van der Waals surface area contributed by atoms with Gasteiger partial charge in [0.2, 0.25) is 17.2 Å². The Kier molecular flexibility index (Phi) is 7.84. The number of fused-ring (bicyclic) bond motifs is 2. The van der Waals surface area contributed by atoms with Crippen LogP contribution in [0, 0.1) is 0 Å². The van der Waals surface area contributed by atoms with E-state index in [1.807, 2.05) is 48.5 Å². The molecule has 2 aromatic carbocycles. The molecule has 0 unspecified atom stereocenters. The van der Waals surface area contributed by atoms with E-state index in [-0.39, 0.29) is 5.28 Å². The Labute approximate surface area is 228 Å². The number of hydrogen-bond donors (Lipinski definition) is 4. The van der Waals surface area contributed by atoms with Crippen molar-refractivity contribution in [1.29, 1.82) is 0 Å². The number of aromatic nitrogens is 5. The van der Waals surface area contributed by atoms with E-state index >= 15 is 0 Å². The van der Waals surface area contributed by atoms with Crippen LogP contribution in [0.5, 0.6) is 0 Å². The van der Waals surface area contributed by atoms with Gasteiger partial charge >= 0.3 is 0 Å². The topological polar surface area (TPSA) is 113 Å². The first-order valence-electron chi connectivity index (χ1n) is 11.5. The van der Waals surface area contributed by atoms with Gasteiger partial charge in [0.15, 0.2) is 0 Å². The summed E-state index contributed by atoms with van der Waals surface area (Å²) in [5.41, 5.74) is 3.61. The van der Waals surface area contributed by atoms with E-state index in [9.17, 15) is 0 Å². The average molecular weight is 555 g/mol. The van der Waals surface area contributed by atoms with Gasteiger partial charge in [-0.2, -0.15) is 15.0 Å². The normalized spacial score (nSPS) is 11.0. The first-order chi connectivity index (χ1) is 18.0. The molecular formula is C25H22Cl3N9. The smallest absolute Gasteiger partial charge is 0.228 e. The maximum absolute atomic E-state index is 6.11. The molecule has 0 amide bonds. The van der Waals surface area contributed by atoms with Crippen LogP contribution in [0.1, 0.15) is 0 Å². The van der Waals surface area contributed by atoms with Crippen LogP contribution in [0.3, 0.4) is 0 Å². The molecule has 0 atom stereocenters. The van der Waals surface area contributed by atoms with E-state index in [1.165, 1.54) is 0 Å². The molecule has 5 rings (SSSR count). The molecule has 3 heterocycles. The van der Waals surface area contributed by atoms with Gasteiger partial charge in [0.05, 0.1) is 11.0 Å². The van der Waals surface area contributed by atoms with E-state index in [2.05, 4.69) is 46.2 Å². The van der Waals surface area contributed by atoms with Crippen molar-refractivity contribution in [2.45, 2.75) is 0 Å². The summed E-state index contributed by atoms with van der Waals surface area (Å²) >= 11 is 18.3. The summed E-state index contributed by atoms with van der Waals surface area (Å²) in [6, 6.07) is 15.1. The van der Waals surface area contributed by atoms with E-state index in [4.69, 9.17) is 34.8 Å². The predicted molar refractivity (Wildman–Crippen MR) is 152 cm³/mol. The lowest BCUT2D eigenvalue weighted by Crippen LogP contribution is -2.18. The molecule has 0 spiro atoms. The second kappa shape index (κ2) is 11.6. The molecule has 0 saturated heterocycles. The molecule has 0 radical (unpaired) electrons. The fourth-order valence-electron chi connectivity index (χ4n) is 3.80. The van der Waals surface area contributed by atoms with Gasteiger partial charge in [-0.1, -0.05) is 23.2 Å². The third kappa shape index (κ3) is 6.37. The quantitative estimate of drug-likeness (QED) is 0.155. The summed E-state index contributed by atoms with van der Waals surface area (Å²) in [5.74, 6) is 0.779. The van der Waals surface area contributed by atoms with Crippen molar-refractivity contribution in [3.8, 4) is 0 Å². The van der Waals surface area contributed by atoms with Gasteiger partial charge in [0.25, 0.3) is 0 Å². The Morgan fingerprint density at radius 3 is 1.49 bits per heavy atom. The standard InChI is InChI=1S/C25H22Cl3N9/c26-15-1-3-17-19(5-7-29-21(17)13-15)31-9-11-33-24-35-23(28)36-25(37-24)34-12-10-32-20-6-8-30-22-14-16(27)2-4-18(20)22/h1-8,13-14H,9-12H2,(H,29,31)(H,30,32)(H2,33,34,35,36,37). The summed E-state index contributed by atoms with van der Waals surface area (Å²) < 4.78 is 0. The minimum absolute atomic E-state index is 0.106. The average Bonchev–Trinajstić information content (AvgIpc) is 2.88. The summed E-state index contributed by atoms with van der Waals surface area (Å²) in [5, 5.41) is 16.6. The summed E-state index contributed by atoms with van der Waals surface area (Å²) in [4.78, 5) is 21.5. The highest BCUT2D eigenvalue weighted by Gasteiger charge is 2.07. The maximum atomic E-state index is 6.11. The highest BCUT2D eigenvalue weighted by atomic mass is 35.5. The van der Waals surface area contributed by atoms with Crippen LogP contribution in [0.2, 0.25) is 15.3 Å². The number of rotatable bonds is 10. The van der Waals surface area contributed by atoms with Gasteiger partial charge in [-0.25, -0.2) is 0 Å². The van der Waals surface area contributed by atoms with Crippen LogP contribution < -0.4 is 21.3 Å². The Balaban J connectivity index is 1.12. The lowest BCUT2D eigenvalue weighted by Gasteiger charge is -2.12. The minimum atomic E-state index is 0.106. The second-order valence-electron chi connectivity index (χ2n) is 8.00. The molecule has 37 heavy (non-hydrogen) atoms. The molecule has 0 aliphatic heterocycles. The van der Waals surface area contributed by atoms with Crippen LogP contribution >= 0.6 is 34.8 Å². The zero-order valence-electron chi connectivity index (χ0n) is 19.5. The van der Waals surface area contributed by atoms with E-state index in [0.717, 1.165) is 33.2 Å². The largest absolute Gasteiger partial charge is 0.383 e. The van der Waals surface area contributed by atoms with Crippen molar-refractivity contribution < 1.29 is 0 Å². The first-order valence-corrected chi connectivity index (χ1v) is 12.6. The van der Waals surface area contributed by atoms with Gasteiger partial charge < -0.3 is 21.3 Å². The molecule has 4 N–H and O–H groups in total. The number of anilines is 4. The van der Waals surface area contributed by atoms with Gasteiger partial charge in [-0.15, -0.1) is 0 Å². The van der Waals surface area contributed by atoms with E-state index < -0.39 is 0 Å². The summed E-state index contributed by atoms with van der Waals surface area (Å²) in [7, 11) is 0. The third-order valence-electron chi connectivity index (χ3n) is 5.46. The van der Waals surface area contributed by atoms with Gasteiger partial charge in [-0.3, -0.25) is 9.97 Å². The lowest BCUT2D eigenvalue weighted by atomic mass is 10.2. The zero-order valence-corrected chi connectivity index (χ0v) is 21.7. The SMILES string of the molecule is Clc1ccc2c(NCCNc3nc(Cl)nc(NCCNc4ccnc5cc(Cl)ccc45)n3)ccnc2c1. The molecule has 0 saturated carbocycles. The monoisotopic (exact) mass is 553 g/mol. The molecule has 3 aromatic heterocycles. The van der Waals surface area contributed by atoms with Crippen molar-refractivity contribution in [3.63, 3.8) is 0 Å². The highest BCUT2D eigenvalue weighted by Crippen LogP contribution is 2.25. The Bertz CT molecular complexity index is 1440. The maximum Gasteiger partial charge on any atom is 0.228 e. The van der Waals surface area contributed by atoms with Gasteiger partial charge in [-0.05, 0) is 60.1 Å². The molecule has 0 aliphatic rings. The number of nitrogens with zero attached hydrogens (tertiary/aromatic N) is 5. The van der Waals surface area contributed by atoms with Crippen LogP contribution in [0.25, 0.3) is 21.8 Å². The predicted octanol–water partition coefficient (Wildman–Crippen LogP) is 5.98. The van der Waals surface area contributed by atoms with Crippen molar-refractivity contribution in [2.24, 2.45) is 0 Å². The number of nitrogens with one attached hydrogen (secondary N) is 4. The van der Waals surface area contributed by atoms with E-state index in [1.54, 1.807) is 12.4 Å². The molecule has 0 bridgehead atoms. The van der Waals surface area contributed by atoms with Crippen molar-refractivity contribution in [3.05, 3.63) is 76.3 Å². The Hall–Kier alpha value is -3.66. The van der Waals surface area contributed by atoms with Crippen LogP contribution in [-0.2, 0) is 0 Å². The first kappa shape index (κ1) is 25.0. The number of pyridine rings is 2. The Morgan fingerprint density at radius 1 is 0.541 bits per heavy atom. The Morgan fingerprint density at radius 2 is 1.00 bits per heavy atom. The minimum Gasteiger partial charge on any atom is -0.383 e. The fourth-order valence-corrected chi connectivity index (χ4v) is 4.29. The highest BCUT2D eigenvalue weighted by molar-refractivity contribution is 6.31. The molecule has 9 nitrogen and oxygen atoms in total. The third-order valence-corrected chi connectivity index (χ3v) is 6.10. The van der Waals surface area contributed by atoms with Crippen molar-refractivity contribution in [2.75, 3.05) is 47.4 Å². The van der Waals surface area contributed by atoms with Crippen LogP contribution in [-0.4, -0.2) is 51.1 Å². The van der Waals surface area contributed by atoms with Crippen molar-refractivity contribution in [1.82, 2.24) is 24.9 Å². The lowest BCUT2D eigenvalue weighted by molar-refractivity contribution is 0.968. The summed E-state index contributed by atoms with van der Waals surface area (Å²) in [6.45, 7) is 2.39. The van der Waals surface area contributed by atoms with Crippen LogP contribution in [0.15, 0.2) is 60.9 Å². The molecule has 188 valence electrons. The molecular weight excluding hydrogens is 533 g/mol. The number of halogens is 3. The zero-order chi connectivity index (χ0) is 25.6. The van der Waals surface area contributed by atoms with Crippen molar-refractivity contribution >= 4 is 79.9 Å². The fraction of sp³-hybridized carbons (Fsp3) is 0.160. The molecule has 0 aliphatic carbocycles.